The normalized spacial score (nSPS) is 10.9. The molecule has 4 rings (SSSR count). The Labute approximate surface area is 167 Å². The lowest BCUT2D eigenvalue weighted by molar-refractivity contribution is 0.324. The number of benzene rings is 3. The van der Waals surface area contributed by atoms with Crippen LogP contribution in [0.3, 0.4) is 0 Å². The van der Waals surface area contributed by atoms with E-state index in [0.717, 1.165) is 22.2 Å². The van der Waals surface area contributed by atoms with Gasteiger partial charge in [-0.3, -0.25) is 0 Å². The van der Waals surface area contributed by atoms with Crippen molar-refractivity contribution < 1.29 is 18.6 Å². The van der Waals surface area contributed by atoms with Crippen molar-refractivity contribution in [2.75, 3.05) is 21.3 Å². The van der Waals surface area contributed by atoms with Crippen LogP contribution < -0.4 is 14.2 Å². The molecule has 4 aromatic rings. The van der Waals surface area contributed by atoms with Gasteiger partial charge in [0, 0.05) is 16.1 Å². The Kier molecular flexibility index (Phi) is 4.84. The molecule has 0 spiro atoms. The molecule has 3 aromatic carbocycles. The first-order chi connectivity index (χ1) is 13.6. The van der Waals surface area contributed by atoms with Crippen molar-refractivity contribution in [3.8, 4) is 39.8 Å². The van der Waals surface area contributed by atoms with Gasteiger partial charge in [-0.2, -0.15) is 0 Å². The minimum Gasteiger partial charge on any atom is -0.493 e. The SMILES string of the molecule is COc1cc(-c2cccc3nc(-c4cccc(Cl)c4)oc23)cc(OC)c1OC. The molecule has 1 aromatic heterocycles. The van der Waals surface area contributed by atoms with Gasteiger partial charge in [-0.1, -0.05) is 29.8 Å². The number of fused-ring (bicyclic) bond motifs is 1. The molecule has 0 saturated heterocycles. The molecule has 0 saturated carbocycles. The summed E-state index contributed by atoms with van der Waals surface area (Å²) >= 11 is 6.11. The van der Waals surface area contributed by atoms with E-state index >= 15 is 0 Å². The zero-order valence-corrected chi connectivity index (χ0v) is 16.4. The Morgan fingerprint density at radius 1 is 0.821 bits per heavy atom. The summed E-state index contributed by atoms with van der Waals surface area (Å²) in [5.74, 6) is 2.20. The van der Waals surface area contributed by atoms with E-state index in [-0.39, 0.29) is 0 Å². The van der Waals surface area contributed by atoms with Gasteiger partial charge in [0.2, 0.25) is 11.6 Å². The summed E-state index contributed by atoms with van der Waals surface area (Å²) in [6.07, 6.45) is 0. The smallest absolute Gasteiger partial charge is 0.227 e. The molecule has 1 heterocycles. The Morgan fingerprint density at radius 2 is 1.54 bits per heavy atom. The average molecular weight is 396 g/mol. The Hall–Kier alpha value is -3.18. The molecule has 0 aliphatic carbocycles. The molecule has 5 nitrogen and oxygen atoms in total. The number of para-hydroxylation sites is 1. The summed E-state index contributed by atoms with van der Waals surface area (Å²) in [6.45, 7) is 0. The van der Waals surface area contributed by atoms with E-state index in [4.69, 9.17) is 30.2 Å². The van der Waals surface area contributed by atoms with E-state index < -0.39 is 0 Å². The van der Waals surface area contributed by atoms with E-state index in [1.54, 1.807) is 21.3 Å². The molecular formula is C22H18ClNO4. The molecule has 28 heavy (non-hydrogen) atoms. The topological polar surface area (TPSA) is 53.7 Å². The van der Waals surface area contributed by atoms with E-state index in [1.807, 2.05) is 54.6 Å². The van der Waals surface area contributed by atoms with Gasteiger partial charge in [0.05, 0.1) is 21.3 Å². The lowest BCUT2D eigenvalue weighted by Gasteiger charge is -2.14. The zero-order valence-electron chi connectivity index (χ0n) is 15.7. The van der Waals surface area contributed by atoms with Crippen molar-refractivity contribution in [2.45, 2.75) is 0 Å². The molecule has 142 valence electrons. The lowest BCUT2D eigenvalue weighted by atomic mass is 10.0. The summed E-state index contributed by atoms with van der Waals surface area (Å²) in [7, 11) is 4.76. The molecule has 0 atom stereocenters. The summed E-state index contributed by atoms with van der Waals surface area (Å²) in [6, 6.07) is 17.0. The number of methoxy groups -OCH3 is 3. The van der Waals surface area contributed by atoms with Crippen molar-refractivity contribution in [1.29, 1.82) is 0 Å². The van der Waals surface area contributed by atoms with E-state index in [1.165, 1.54) is 0 Å². The van der Waals surface area contributed by atoms with Gasteiger partial charge in [0.25, 0.3) is 0 Å². The van der Waals surface area contributed by atoms with Crippen LogP contribution in [0.4, 0.5) is 0 Å². The summed E-state index contributed by atoms with van der Waals surface area (Å²) in [5, 5.41) is 0.629. The van der Waals surface area contributed by atoms with Crippen LogP contribution in [0, 0.1) is 0 Å². The summed E-state index contributed by atoms with van der Waals surface area (Å²) < 4.78 is 22.5. The van der Waals surface area contributed by atoms with Gasteiger partial charge in [-0.05, 0) is 42.0 Å². The second kappa shape index (κ2) is 7.44. The highest BCUT2D eigenvalue weighted by molar-refractivity contribution is 6.30. The maximum absolute atomic E-state index is 6.12. The average Bonchev–Trinajstić information content (AvgIpc) is 3.17. The van der Waals surface area contributed by atoms with Crippen LogP contribution in [-0.2, 0) is 0 Å². The number of halogens is 1. The monoisotopic (exact) mass is 395 g/mol. The predicted octanol–water partition coefficient (Wildman–Crippen LogP) is 5.84. The fourth-order valence-corrected chi connectivity index (χ4v) is 3.35. The lowest BCUT2D eigenvalue weighted by Crippen LogP contribution is -1.95. The largest absolute Gasteiger partial charge is 0.493 e. The standard InChI is InChI=1S/C22H18ClNO4/c1-25-18-11-14(12-19(26-2)21(18)27-3)16-8-5-9-17-20(16)28-22(24-17)13-6-4-7-15(23)10-13/h4-12H,1-3H3. The van der Waals surface area contributed by atoms with Crippen LogP contribution in [0.1, 0.15) is 0 Å². The molecule has 0 N–H and O–H groups in total. The van der Waals surface area contributed by atoms with Gasteiger partial charge >= 0.3 is 0 Å². The number of hydrogen-bond donors (Lipinski definition) is 0. The summed E-state index contributed by atoms with van der Waals surface area (Å²) in [4.78, 5) is 4.62. The van der Waals surface area contributed by atoms with Gasteiger partial charge < -0.3 is 18.6 Å². The van der Waals surface area contributed by atoms with Crippen LogP contribution in [0.5, 0.6) is 17.2 Å². The second-order valence-corrected chi connectivity index (χ2v) is 6.53. The van der Waals surface area contributed by atoms with Crippen molar-refractivity contribution in [3.05, 3.63) is 59.6 Å². The molecule has 0 aliphatic heterocycles. The molecule has 0 radical (unpaired) electrons. The fraction of sp³-hybridized carbons (Fsp3) is 0.136. The third kappa shape index (κ3) is 3.14. The third-order valence-electron chi connectivity index (χ3n) is 4.46. The zero-order chi connectivity index (χ0) is 19.7. The molecule has 0 bridgehead atoms. The van der Waals surface area contributed by atoms with Gasteiger partial charge in [0.15, 0.2) is 17.1 Å². The maximum atomic E-state index is 6.12. The van der Waals surface area contributed by atoms with Crippen molar-refractivity contribution in [3.63, 3.8) is 0 Å². The first-order valence-corrected chi connectivity index (χ1v) is 8.98. The van der Waals surface area contributed by atoms with Crippen molar-refractivity contribution in [2.24, 2.45) is 0 Å². The molecule has 0 unspecified atom stereocenters. The molecule has 0 aliphatic rings. The Bertz CT molecular complexity index is 1130. The molecule has 0 fully saturated rings. The minimum absolute atomic E-state index is 0.511. The molecule has 0 amide bonds. The summed E-state index contributed by atoms with van der Waals surface area (Å²) in [5.41, 5.74) is 3.99. The number of ether oxygens (including phenoxy) is 3. The number of aromatic nitrogens is 1. The van der Waals surface area contributed by atoms with Gasteiger partial charge in [-0.15, -0.1) is 0 Å². The van der Waals surface area contributed by atoms with Crippen LogP contribution in [-0.4, -0.2) is 26.3 Å². The maximum Gasteiger partial charge on any atom is 0.227 e. The van der Waals surface area contributed by atoms with Crippen LogP contribution in [0.2, 0.25) is 5.02 Å². The van der Waals surface area contributed by atoms with E-state index in [0.29, 0.717) is 33.7 Å². The quantitative estimate of drug-likeness (QED) is 0.424. The number of rotatable bonds is 5. The van der Waals surface area contributed by atoms with E-state index in [2.05, 4.69) is 4.98 Å². The highest BCUT2D eigenvalue weighted by Crippen LogP contribution is 2.43. The molecular weight excluding hydrogens is 378 g/mol. The number of nitrogens with zero attached hydrogens (tertiary/aromatic N) is 1. The first kappa shape index (κ1) is 18.2. The Balaban J connectivity index is 1.90. The first-order valence-electron chi connectivity index (χ1n) is 8.60. The predicted molar refractivity (Wildman–Crippen MR) is 110 cm³/mol. The number of oxazole rings is 1. The van der Waals surface area contributed by atoms with Gasteiger partial charge in [0.1, 0.15) is 5.52 Å². The van der Waals surface area contributed by atoms with Gasteiger partial charge in [-0.25, -0.2) is 4.98 Å². The van der Waals surface area contributed by atoms with Crippen molar-refractivity contribution in [1.82, 2.24) is 4.98 Å². The van der Waals surface area contributed by atoms with Crippen molar-refractivity contribution >= 4 is 22.7 Å². The van der Waals surface area contributed by atoms with E-state index in [9.17, 15) is 0 Å². The Morgan fingerprint density at radius 3 is 2.18 bits per heavy atom. The number of hydrogen-bond acceptors (Lipinski definition) is 5. The van der Waals surface area contributed by atoms with Crippen LogP contribution in [0.15, 0.2) is 59.0 Å². The van der Waals surface area contributed by atoms with Crippen LogP contribution in [0.25, 0.3) is 33.7 Å². The second-order valence-electron chi connectivity index (χ2n) is 6.10. The van der Waals surface area contributed by atoms with Crippen LogP contribution >= 0.6 is 11.6 Å². The third-order valence-corrected chi connectivity index (χ3v) is 4.70. The minimum atomic E-state index is 0.511. The highest BCUT2D eigenvalue weighted by Gasteiger charge is 2.18. The highest BCUT2D eigenvalue weighted by atomic mass is 35.5. The fourth-order valence-electron chi connectivity index (χ4n) is 3.16. The molecule has 6 heteroatoms.